The summed E-state index contributed by atoms with van der Waals surface area (Å²) in [5, 5.41) is 0.942. The zero-order chi connectivity index (χ0) is 12.4. The van der Waals surface area contributed by atoms with E-state index in [4.69, 9.17) is 10.5 Å². The fourth-order valence-electron chi connectivity index (χ4n) is 2.50. The van der Waals surface area contributed by atoms with Crippen molar-refractivity contribution in [1.29, 1.82) is 0 Å². The molecule has 3 rings (SSSR count). The summed E-state index contributed by atoms with van der Waals surface area (Å²) in [5.41, 5.74) is 6.57. The number of ether oxygens (including phenoxy) is 1. The van der Waals surface area contributed by atoms with Gasteiger partial charge in [0.2, 0.25) is 11.8 Å². The minimum absolute atomic E-state index is 0.274. The van der Waals surface area contributed by atoms with Crippen LogP contribution in [0.25, 0.3) is 10.9 Å². The van der Waals surface area contributed by atoms with E-state index >= 15 is 0 Å². The zero-order valence-electron chi connectivity index (χ0n) is 10.3. The van der Waals surface area contributed by atoms with E-state index in [1.165, 1.54) is 19.3 Å². The van der Waals surface area contributed by atoms with Crippen LogP contribution in [0.2, 0.25) is 0 Å². The standard InChI is InChI=1S/C14H17N3O/c15-14-16-12-9-5-4-8-11(12)13(17-14)18-10-6-2-1-3-7-10/h4-5,8-10H,1-3,6-7H2,(H2,15,16,17). The maximum Gasteiger partial charge on any atom is 0.226 e. The first kappa shape index (κ1) is 11.3. The molecule has 0 atom stereocenters. The number of nitrogen functional groups attached to an aromatic ring is 1. The molecule has 1 aliphatic carbocycles. The second-order valence-corrected chi connectivity index (χ2v) is 4.78. The lowest BCUT2D eigenvalue weighted by Gasteiger charge is -2.22. The molecular formula is C14H17N3O. The van der Waals surface area contributed by atoms with E-state index in [1.807, 2.05) is 24.3 Å². The Morgan fingerprint density at radius 1 is 1.06 bits per heavy atom. The Balaban J connectivity index is 1.94. The van der Waals surface area contributed by atoms with Gasteiger partial charge in [0.1, 0.15) is 6.10 Å². The maximum atomic E-state index is 6.02. The van der Waals surface area contributed by atoms with E-state index in [0.717, 1.165) is 23.7 Å². The highest BCUT2D eigenvalue weighted by Crippen LogP contribution is 2.27. The molecule has 2 N–H and O–H groups in total. The van der Waals surface area contributed by atoms with Crippen LogP contribution in [-0.4, -0.2) is 16.1 Å². The number of aromatic nitrogens is 2. The summed E-state index contributed by atoms with van der Waals surface area (Å²) in [6.07, 6.45) is 6.28. The second kappa shape index (κ2) is 4.80. The predicted octanol–water partition coefficient (Wildman–Crippen LogP) is 2.92. The smallest absolute Gasteiger partial charge is 0.226 e. The van der Waals surface area contributed by atoms with E-state index in [0.29, 0.717) is 5.88 Å². The van der Waals surface area contributed by atoms with Crippen molar-refractivity contribution in [2.24, 2.45) is 0 Å². The monoisotopic (exact) mass is 243 g/mol. The van der Waals surface area contributed by atoms with Gasteiger partial charge in [-0.3, -0.25) is 0 Å². The number of benzene rings is 1. The van der Waals surface area contributed by atoms with Crippen molar-refractivity contribution >= 4 is 16.9 Å². The minimum Gasteiger partial charge on any atom is -0.474 e. The number of nitrogens with two attached hydrogens (primary N) is 1. The SMILES string of the molecule is Nc1nc(OC2CCCCC2)c2ccccc2n1. The molecule has 2 aromatic rings. The molecule has 0 aliphatic heterocycles. The average molecular weight is 243 g/mol. The zero-order valence-corrected chi connectivity index (χ0v) is 10.3. The molecule has 18 heavy (non-hydrogen) atoms. The Bertz CT molecular complexity index is 550. The van der Waals surface area contributed by atoms with Gasteiger partial charge in [0.05, 0.1) is 10.9 Å². The van der Waals surface area contributed by atoms with Crippen LogP contribution in [0.1, 0.15) is 32.1 Å². The summed E-state index contributed by atoms with van der Waals surface area (Å²) in [5.74, 6) is 0.907. The van der Waals surface area contributed by atoms with Crippen LogP contribution in [0.15, 0.2) is 24.3 Å². The average Bonchev–Trinajstić information content (AvgIpc) is 2.40. The molecule has 4 heteroatoms. The molecule has 0 bridgehead atoms. The molecule has 1 saturated carbocycles. The number of para-hydroxylation sites is 1. The van der Waals surface area contributed by atoms with Crippen LogP contribution in [-0.2, 0) is 0 Å². The lowest BCUT2D eigenvalue weighted by atomic mass is 9.98. The molecule has 1 aromatic heterocycles. The van der Waals surface area contributed by atoms with E-state index in [2.05, 4.69) is 9.97 Å². The highest BCUT2D eigenvalue weighted by molar-refractivity contribution is 5.84. The van der Waals surface area contributed by atoms with Crippen molar-refractivity contribution in [3.63, 3.8) is 0 Å². The third kappa shape index (κ3) is 2.23. The Morgan fingerprint density at radius 3 is 2.67 bits per heavy atom. The van der Waals surface area contributed by atoms with Gasteiger partial charge in [-0.15, -0.1) is 0 Å². The lowest BCUT2D eigenvalue weighted by Crippen LogP contribution is -2.20. The van der Waals surface area contributed by atoms with Gasteiger partial charge in [-0.2, -0.15) is 4.98 Å². The summed E-state index contributed by atoms with van der Waals surface area (Å²) in [4.78, 5) is 8.46. The highest BCUT2D eigenvalue weighted by atomic mass is 16.5. The molecule has 1 heterocycles. The summed E-state index contributed by atoms with van der Waals surface area (Å²) >= 11 is 0. The Hall–Kier alpha value is -1.84. The molecule has 0 saturated heterocycles. The van der Waals surface area contributed by atoms with Gasteiger partial charge in [0, 0.05) is 0 Å². The Kier molecular flexibility index (Phi) is 3.00. The minimum atomic E-state index is 0.274. The van der Waals surface area contributed by atoms with Gasteiger partial charge >= 0.3 is 0 Å². The normalized spacial score (nSPS) is 16.9. The van der Waals surface area contributed by atoms with Crippen LogP contribution in [0.3, 0.4) is 0 Å². The van der Waals surface area contributed by atoms with E-state index in [-0.39, 0.29) is 12.1 Å². The van der Waals surface area contributed by atoms with Crippen molar-refractivity contribution < 1.29 is 4.74 Å². The molecule has 1 aliphatic rings. The summed E-state index contributed by atoms with van der Waals surface area (Å²) in [7, 11) is 0. The van der Waals surface area contributed by atoms with Gasteiger partial charge in [-0.1, -0.05) is 18.6 Å². The van der Waals surface area contributed by atoms with Gasteiger partial charge in [-0.05, 0) is 37.8 Å². The first-order chi connectivity index (χ1) is 8.83. The number of nitrogens with zero attached hydrogens (tertiary/aromatic N) is 2. The van der Waals surface area contributed by atoms with Crippen LogP contribution in [0.4, 0.5) is 5.95 Å². The predicted molar refractivity (Wildman–Crippen MR) is 71.5 cm³/mol. The first-order valence-electron chi connectivity index (χ1n) is 6.52. The molecule has 0 spiro atoms. The molecule has 0 amide bonds. The molecule has 4 nitrogen and oxygen atoms in total. The lowest BCUT2D eigenvalue weighted by molar-refractivity contribution is 0.151. The second-order valence-electron chi connectivity index (χ2n) is 4.78. The molecule has 1 fully saturated rings. The fourth-order valence-corrected chi connectivity index (χ4v) is 2.50. The van der Waals surface area contributed by atoms with Crippen LogP contribution >= 0.6 is 0 Å². The van der Waals surface area contributed by atoms with Crippen molar-refractivity contribution in [1.82, 2.24) is 9.97 Å². The van der Waals surface area contributed by atoms with E-state index in [9.17, 15) is 0 Å². The van der Waals surface area contributed by atoms with Gasteiger partial charge in [0.25, 0.3) is 0 Å². The number of hydrogen-bond donors (Lipinski definition) is 1. The van der Waals surface area contributed by atoms with Crippen LogP contribution in [0, 0.1) is 0 Å². The van der Waals surface area contributed by atoms with Crippen LogP contribution in [0.5, 0.6) is 5.88 Å². The third-order valence-corrected chi connectivity index (χ3v) is 3.42. The quantitative estimate of drug-likeness (QED) is 0.881. The molecule has 0 radical (unpaired) electrons. The van der Waals surface area contributed by atoms with Crippen LogP contribution < -0.4 is 10.5 Å². The van der Waals surface area contributed by atoms with Gasteiger partial charge < -0.3 is 10.5 Å². The molecule has 94 valence electrons. The number of rotatable bonds is 2. The maximum absolute atomic E-state index is 6.02. The van der Waals surface area contributed by atoms with Crippen molar-refractivity contribution in [2.45, 2.75) is 38.2 Å². The van der Waals surface area contributed by atoms with Gasteiger partial charge in [0.15, 0.2) is 0 Å². The fraction of sp³-hybridized carbons (Fsp3) is 0.429. The highest BCUT2D eigenvalue weighted by Gasteiger charge is 2.17. The van der Waals surface area contributed by atoms with E-state index in [1.54, 1.807) is 0 Å². The number of fused-ring (bicyclic) bond motifs is 1. The Morgan fingerprint density at radius 2 is 1.83 bits per heavy atom. The van der Waals surface area contributed by atoms with Gasteiger partial charge in [-0.25, -0.2) is 4.98 Å². The molecule has 1 aromatic carbocycles. The first-order valence-corrected chi connectivity index (χ1v) is 6.52. The molecular weight excluding hydrogens is 226 g/mol. The van der Waals surface area contributed by atoms with E-state index < -0.39 is 0 Å². The summed E-state index contributed by atoms with van der Waals surface area (Å²) in [6, 6.07) is 7.82. The Labute approximate surface area is 106 Å². The number of hydrogen-bond acceptors (Lipinski definition) is 4. The molecule has 0 unspecified atom stereocenters. The van der Waals surface area contributed by atoms with Crippen molar-refractivity contribution in [3.8, 4) is 5.88 Å². The van der Waals surface area contributed by atoms with Crippen molar-refractivity contribution in [3.05, 3.63) is 24.3 Å². The summed E-state index contributed by atoms with van der Waals surface area (Å²) < 4.78 is 6.02. The summed E-state index contributed by atoms with van der Waals surface area (Å²) in [6.45, 7) is 0. The number of anilines is 1. The third-order valence-electron chi connectivity index (χ3n) is 3.42. The topological polar surface area (TPSA) is 61.0 Å². The van der Waals surface area contributed by atoms with Crippen molar-refractivity contribution in [2.75, 3.05) is 5.73 Å². The largest absolute Gasteiger partial charge is 0.474 e.